The molecule has 1 aliphatic rings. The van der Waals surface area contributed by atoms with Crippen molar-refractivity contribution in [2.24, 2.45) is 5.92 Å². The van der Waals surface area contributed by atoms with E-state index in [0.29, 0.717) is 6.54 Å². The standard InChI is InChI=1S/C20H21N3O/c1-14-11-16(12-21-20(14)24)19-22-17-9-5-6-10-18(17)23(19)13-15-7-3-2-4-8-15/h2-10,14,16H,11-13H2,1H3,(H,21,24). The van der Waals surface area contributed by atoms with E-state index >= 15 is 0 Å². The molecule has 24 heavy (non-hydrogen) atoms. The molecule has 1 N–H and O–H groups in total. The van der Waals surface area contributed by atoms with Crippen LogP contribution in [0.5, 0.6) is 0 Å². The number of hydrogen-bond acceptors (Lipinski definition) is 2. The first-order chi connectivity index (χ1) is 11.7. The summed E-state index contributed by atoms with van der Waals surface area (Å²) in [6.45, 7) is 3.46. The molecule has 2 atom stereocenters. The van der Waals surface area contributed by atoms with Crippen molar-refractivity contribution in [3.8, 4) is 0 Å². The van der Waals surface area contributed by atoms with Crippen molar-refractivity contribution >= 4 is 16.9 Å². The van der Waals surface area contributed by atoms with Crippen LogP contribution >= 0.6 is 0 Å². The summed E-state index contributed by atoms with van der Waals surface area (Å²) in [7, 11) is 0. The Morgan fingerprint density at radius 2 is 1.88 bits per heavy atom. The maximum absolute atomic E-state index is 11.8. The summed E-state index contributed by atoms with van der Waals surface area (Å²) in [6, 6.07) is 18.7. The molecule has 2 heterocycles. The third-order valence-corrected chi connectivity index (χ3v) is 4.84. The number of nitrogens with one attached hydrogen (secondary N) is 1. The topological polar surface area (TPSA) is 46.9 Å². The third-order valence-electron chi connectivity index (χ3n) is 4.84. The molecule has 3 aromatic rings. The first kappa shape index (κ1) is 14.9. The van der Waals surface area contributed by atoms with Crippen LogP contribution in [0.1, 0.15) is 30.7 Å². The second-order valence-electron chi connectivity index (χ2n) is 6.61. The van der Waals surface area contributed by atoms with E-state index in [1.165, 1.54) is 5.56 Å². The van der Waals surface area contributed by atoms with Crippen LogP contribution in [0.3, 0.4) is 0 Å². The number of carbonyl (C=O) groups is 1. The van der Waals surface area contributed by atoms with Crippen LogP contribution in [0.4, 0.5) is 0 Å². The summed E-state index contributed by atoms with van der Waals surface area (Å²) in [4.78, 5) is 16.7. The van der Waals surface area contributed by atoms with Crippen LogP contribution in [-0.4, -0.2) is 22.0 Å². The number of rotatable bonds is 3. The SMILES string of the molecule is CC1CC(c2nc3ccccc3n2Cc2ccccc2)CNC1=O. The molecule has 4 nitrogen and oxygen atoms in total. The Hall–Kier alpha value is -2.62. The molecule has 1 amide bonds. The van der Waals surface area contributed by atoms with E-state index in [-0.39, 0.29) is 17.7 Å². The summed E-state index contributed by atoms with van der Waals surface area (Å²) >= 11 is 0. The van der Waals surface area contributed by atoms with Crippen molar-refractivity contribution in [2.75, 3.05) is 6.54 Å². The quantitative estimate of drug-likeness (QED) is 0.805. The molecule has 4 heteroatoms. The van der Waals surface area contributed by atoms with Gasteiger partial charge in [-0.15, -0.1) is 0 Å². The Labute approximate surface area is 141 Å². The Kier molecular flexibility index (Phi) is 3.81. The second kappa shape index (κ2) is 6.11. The van der Waals surface area contributed by atoms with E-state index in [2.05, 4.69) is 52.3 Å². The van der Waals surface area contributed by atoms with Gasteiger partial charge in [-0.2, -0.15) is 0 Å². The highest BCUT2D eigenvalue weighted by molar-refractivity contribution is 5.80. The Balaban J connectivity index is 1.77. The molecule has 2 aromatic carbocycles. The lowest BCUT2D eigenvalue weighted by Gasteiger charge is -2.27. The van der Waals surface area contributed by atoms with Crippen LogP contribution in [0, 0.1) is 5.92 Å². The molecule has 0 aliphatic carbocycles. The zero-order valence-electron chi connectivity index (χ0n) is 13.8. The Bertz CT molecular complexity index is 869. The fourth-order valence-corrected chi connectivity index (χ4v) is 3.55. The van der Waals surface area contributed by atoms with Gasteiger partial charge in [-0.1, -0.05) is 49.4 Å². The summed E-state index contributed by atoms with van der Waals surface area (Å²) in [5.74, 6) is 1.52. The number of imidazole rings is 1. The number of carbonyl (C=O) groups excluding carboxylic acids is 1. The van der Waals surface area contributed by atoms with Gasteiger partial charge in [0.2, 0.25) is 5.91 Å². The summed E-state index contributed by atoms with van der Waals surface area (Å²) in [5.41, 5.74) is 3.43. The molecule has 0 radical (unpaired) electrons. The van der Waals surface area contributed by atoms with Crippen molar-refractivity contribution in [2.45, 2.75) is 25.8 Å². The minimum atomic E-state index is 0.0359. The zero-order valence-corrected chi connectivity index (χ0v) is 13.8. The summed E-state index contributed by atoms with van der Waals surface area (Å²) < 4.78 is 2.31. The fraction of sp³-hybridized carbons (Fsp3) is 0.300. The normalized spacial score (nSPS) is 21.0. The van der Waals surface area contributed by atoms with Gasteiger partial charge in [0.15, 0.2) is 0 Å². The molecule has 1 aromatic heterocycles. The van der Waals surface area contributed by atoms with Gasteiger partial charge >= 0.3 is 0 Å². The van der Waals surface area contributed by atoms with E-state index in [1.807, 2.05) is 19.1 Å². The fourth-order valence-electron chi connectivity index (χ4n) is 3.55. The molecule has 1 fully saturated rings. The minimum Gasteiger partial charge on any atom is -0.355 e. The molecule has 0 saturated carbocycles. The molecular formula is C20H21N3O. The molecule has 0 spiro atoms. The number of aromatic nitrogens is 2. The van der Waals surface area contributed by atoms with Gasteiger partial charge in [-0.25, -0.2) is 4.98 Å². The van der Waals surface area contributed by atoms with Crippen LogP contribution < -0.4 is 5.32 Å². The lowest BCUT2D eigenvalue weighted by molar-refractivity contribution is -0.126. The van der Waals surface area contributed by atoms with E-state index < -0.39 is 0 Å². The predicted octanol–water partition coefficient (Wildman–Crippen LogP) is 3.32. The highest BCUT2D eigenvalue weighted by Crippen LogP contribution is 2.29. The maximum Gasteiger partial charge on any atom is 0.222 e. The van der Waals surface area contributed by atoms with Gasteiger partial charge < -0.3 is 9.88 Å². The van der Waals surface area contributed by atoms with E-state index in [9.17, 15) is 4.79 Å². The number of piperidine rings is 1. The van der Waals surface area contributed by atoms with Crippen molar-refractivity contribution in [1.82, 2.24) is 14.9 Å². The Morgan fingerprint density at radius 3 is 2.67 bits per heavy atom. The van der Waals surface area contributed by atoms with Crippen LogP contribution in [0.25, 0.3) is 11.0 Å². The monoisotopic (exact) mass is 319 g/mol. The third kappa shape index (κ3) is 2.68. The first-order valence-corrected chi connectivity index (χ1v) is 8.49. The van der Waals surface area contributed by atoms with Gasteiger partial charge in [-0.3, -0.25) is 4.79 Å². The average molecular weight is 319 g/mol. The second-order valence-corrected chi connectivity index (χ2v) is 6.61. The van der Waals surface area contributed by atoms with Crippen LogP contribution in [0.2, 0.25) is 0 Å². The van der Waals surface area contributed by atoms with Crippen LogP contribution in [-0.2, 0) is 11.3 Å². The molecule has 1 saturated heterocycles. The largest absolute Gasteiger partial charge is 0.355 e. The average Bonchev–Trinajstić information content (AvgIpc) is 2.97. The minimum absolute atomic E-state index is 0.0359. The predicted molar refractivity (Wildman–Crippen MR) is 94.8 cm³/mol. The van der Waals surface area contributed by atoms with Gasteiger partial charge in [0.05, 0.1) is 11.0 Å². The Morgan fingerprint density at radius 1 is 1.12 bits per heavy atom. The van der Waals surface area contributed by atoms with Crippen molar-refractivity contribution in [3.05, 3.63) is 66.0 Å². The molecule has 122 valence electrons. The van der Waals surface area contributed by atoms with Crippen molar-refractivity contribution in [3.63, 3.8) is 0 Å². The lowest BCUT2D eigenvalue weighted by atomic mass is 9.90. The van der Waals surface area contributed by atoms with Gasteiger partial charge in [0, 0.05) is 24.9 Å². The number of hydrogen-bond donors (Lipinski definition) is 1. The number of amides is 1. The highest BCUT2D eigenvalue weighted by atomic mass is 16.1. The number of nitrogens with zero attached hydrogens (tertiary/aromatic N) is 2. The molecule has 2 unspecified atom stereocenters. The number of fused-ring (bicyclic) bond motifs is 1. The molecule has 4 rings (SSSR count). The summed E-state index contributed by atoms with van der Waals surface area (Å²) in [6.07, 6.45) is 0.851. The van der Waals surface area contributed by atoms with E-state index in [1.54, 1.807) is 0 Å². The zero-order chi connectivity index (χ0) is 16.5. The van der Waals surface area contributed by atoms with Crippen molar-refractivity contribution in [1.29, 1.82) is 0 Å². The molecular weight excluding hydrogens is 298 g/mol. The highest BCUT2D eigenvalue weighted by Gasteiger charge is 2.29. The number of para-hydroxylation sites is 2. The maximum atomic E-state index is 11.8. The first-order valence-electron chi connectivity index (χ1n) is 8.49. The van der Waals surface area contributed by atoms with Gasteiger partial charge in [0.25, 0.3) is 0 Å². The molecule has 1 aliphatic heterocycles. The van der Waals surface area contributed by atoms with Crippen LogP contribution in [0.15, 0.2) is 54.6 Å². The molecule has 0 bridgehead atoms. The number of benzene rings is 2. The van der Waals surface area contributed by atoms with Crippen molar-refractivity contribution < 1.29 is 4.79 Å². The van der Waals surface area contributed by atoms with E-state index in [0.717, 1.165) is 29.8 Å². The van der Waals surface area contributed by atoms with Gasteiger partial charge in [0.1, 0.15) is 5.82 Å². The van der Waals surface area contributed by atoms with E-state index in [4.69, 9.17) is 4.98 Å². The smallest absolute Gasteiger partial charge is 0.222 e. The lowest BCUT2D eigenvalue weighted by Crippen LogP contribution is -2.40. The van der Waals surface area contributed by atoms with Gasteiger partial charge in [-0.05, 0) is 24.1 Å². The summed E-state index contributed by atoms with van der Waals surface area (Å²) in [5, 5.41) is 3.02.